The number of rotatable bonds is 5. The monoisotopic (exact) mass is 439 g/mol. The first-order chi connectivity index (χ1) is 13.8. The van der Waals surface area contributed by atoms with E-state index in [-0.39, 0.29) is 30.3 Å². The van der Waals surface area contributed by atoms with E-state index in [2.05, 4.69) is 12.2 Å². The van der Waals surface area contributed by atoms with Gasteiger partial charge in [-0.2, -0.15) is 0 Å². The third kappa shape index (κ3) is 5.87. The summed E-state index contributed by atoms with van der Waals surface area (Å²) in [5, 5.41) is 4.44. The minimum Gasteiger partial charge on any atom is -0.342 e. The molecule has 160 valence electrons. The molecule has 2 unspecified atom stereocenters. The maximum Gasteiger partial charge on any atom is 0.236 e. The molecule has 5 nitrogen and oxygen atoms in total. The number of carbonyl (C=O) groups is 2. The molecule has 2 aliphatic heterocycles. The van der Waals surface area contributed by atoms with Gasteiger partial charge in [0.15, 0.2) is 0 Å². The highest BCUT2D eigenvalue weighted by Crippen LogP contribution is 2.26. The third-order valence-corrected chi connectivity index (χ3v) is 6.72. The van der Waals surface area contributed by atoms with E-state index in [4.69, 9.17) is 23.2 Å². The fourth-order valence-corrected chi connectivity index (χ4v) is 4.91. The molecule has 3 rings (SSSR count). The van der Waals surface area contributed by atoms with Crippen LogP contribution in [0.2, 0.25) is 10.0 Å². The van der Waals surface area contributed by atoms with Crippen molar-refractivity contribution >= 4 is 35.0 Å². The van der Waals surface area contributed by atoms with Crippen LogP contribution in [0.25, 0.3) is 0 Å². The summed E-state index contributed by atoms with van der Waals surface area (Å²) in [6, 6.07) is 5.34. The summed E-state index contributed by atoms with van der Waals surface area (Å²) in [6.45, 7) is 7.51. The molecule has 7 heteroatoms. The molecule has 2 fully saturated rings. The lowest BCUT2D eigenvalue weighted by molar-refractivity contribution is -0.141. The molecule has 29 heavy (non-hydrogen) atoms. The Bertz CT molecular complexity index is 735. The van der Waals surface area contributed by atoms with Gasteiger partial charge in [-0.25, -0.2) is 0 Å². The van der Waals surface area contributed by atoms with Gasteiger partial charge in [0.25, 0.3) is 0 Å². The lowest BCUT2D eigenvalue weighted by atomic mass is 9.92. The first kappa shape index (κ1) is 22.4. The third-order valence-electron chi connectivity index (χ3n) is 6.15. The van der Waals surface area contributed by atoms with Crippen molar-refractivity contribution in [2.45, 2.75) is 45.6 Å². The van der Waals surface area contributed by atoms with Crippen molar-refractivity contribution in [3.8, 4) is 0 Å². The van der Waals surface area contributed by atoms with E-state index < -0.39 is 0 Å². The Hall–Kier alpha value is -1.30. The largest absolute Gasteiger partial charge is 0.342 e. The van der Waals surface area contributed by atoms with Crippen LogP contribution in [0.3, 0.4) is 0 Å². The Balaban J connectivity index is 1.44. The Kier molecular flexibility index (Phi) is 7.83. The van der Waals surface area contributed by atoms with Crippen LogP contribution in [0.4, 0.5) is 0 Å². The number of amides is 2. The average Bonchev–Trinajstić information content (AvgIpc) is 2.71. The lowest BCUT2D eigenvalue weighted by Crippen LogP contribution is -2.48. The highest BCUT2D eigenvalue weighted by molar-refractivity contribution is 6.35. The van der Waals surface area contributed by atoms with Gasteiger partial charge in [0.1, 0.15) is 0 Å². The number of hydrogen-bond acceptors (Lipinski definition) is 3. The molecule has 1 aromatic rings. The number of carbonyl (C=O) groups excluding carboxylic acids is 2. The SMILES string of the molecule is CC1CCCN(C(=O)C2CCN(C(=O)CNC(C)c3ccc(Cl)cc3Cl)CC2)C1. The number of halogens is 2. The molecule has 0 aromatic heterocycles. The van der Waals surface area contributed by atoms with Gasteiger partial charge in [0, 0.05) is 48.2 Å². The molecule has 1 aromatic carbocycles. The maximum absolute atomic E-state index is 12.8. The summed E-state index contributed by atoms with van der Waals surface area (Å²) in [6.07, 6.45) is 3.83. The van der Waals surface area contributed by atoms with E-state index in [1.165, 1.54) is 6.42 Å². The molecule has 0 saturated carbocycles. The molecule has 0 bridgehead atoms. The fraction of sp³-hybridized carbons (Fsp3) is 0.636. The highest BCUT2D eigenvalue weighted by atomic mass is 35.5. The molecular weight excluding hydrogens is 409 g/mol. The Morgan fingerprint density at radius 3 is 2.52 bits per heavy atom. The second-order valence-corrected chi connectivity index (χ2v) is 9.30. The minimum absolute atomic E-state index is 0.0519. The molecule has 2 aliphatic rings. The van der Waals surface area contributed by atoms with Crippen molar-refractivity contribution in [2.75, 3.05) is 32.7 Å². The quantitative estimate of drug-likeness (QED) is 0.749. The van der Waals surface area contributed by atoms with Crippen molar-refractivity contribution in [1.29, 1.82) is 0 Å². The van der Waals surface area contributed by atoms with Gasteiger partial charge in [0.05, 0.1) is 6.54 Å². The van der Waals surface area contributed by atoms with E-state index in [1.807, 2.05) is 22.8 Å². The number of benzene rings is 1. The molecule has 0 radical (unpaired) electrons. The van der Waals surface area contributed by atoms with Crippen molar-refractivity contribution in [3.63, 3.8) is 0 Å². The first-order valence-electron chi connectivity index (χ1n) is 10.6. The van der Waals surface area contributed by atoms with Gasteiger partial charge in [-0.05, 0) is 56.2 Å². The maximum atomic E-state index is 12.8. The zero-order valence-corrected chi connectivity index (χ0v) is 18.8. The highest BCUT2D eigenvalue weighted by Gasteiger charge is 2.31. The Morgan fingerprint density at radius 1 is 1.14 bits per heavy atom. The summed E-state index contributed by atoms with van der Waals surface area (Å²) >= 11 is 12.2. The summed E-state index contributed by atoms with van der Waals surface area (Å²) in [5.41, 5.74) is 0.920. The summed E-state index contributed by atoms with van der Waals surface area (Å²) in [4.78, 5) is 29.3. The van der Waals surface area contributed by atoms with Crippen LogP contribution in [0.1, 0.15) is 51.1 Å². The van der Waals surface area contributed by atoms with Crippen molar-refractivity contribution in [3.05, 3.63) is 33.8 Å². The zero-order valence-electron chi connectivity index (χ0n) is 17.3. The standard InChI is InChI=1S/C22H31Cl2N3O2/c1-15-4-3-9-27(14-15)22(29)17-7-10-26(11-8-17)21(28)13-25-16(2)19-6-5-18(23)12-20(19)24/h5-6,12,15-17,25H,3-4,7-11,13-14H2,1-2H3. The molecule has 2 amide bonds. The normalized spacial score (nSPS) is 21.9. The smallest absolute Gasteiger partial charge is 0.236 e. The fourth-order valence-electron chi connectivity index (χ4n) is 4.34. The van der Waals surface area contributed by atoms with Crippen LogP contribution in [-0.2, 0) is 9.59 Å². The van der Waals surface area contributed by atoms with E-state index in [0.717, 1.165) is 37.9 Å². The number of piperidine rings is 2. The van der Waals surface area contributed by atoms with Gasteiger partial charge in [-0.1, -0.05) is 36.2 Å². The molecule has 1 N–H and O–H groups in total. The van der Waals surface area contributed by atoms with Gasteiger partial charge < -0.3 is 15.1 Å². The lowest BCUT2D eigenvalue weighted by Gasteiger charge is -2.37. The first-order valence-corrected chi connectivity index (χ1v) is 11.4. The molecule has 2 saturated heterocycles. The topological polar surface area (TPSA) is 52.7 Å². The van der Waals surface area contributed by atoms with Crippen LogP contribution in [0, 0.1) is 11.8 Å². The summed E-state index contributed by atoms with van der Waals surface area (Å²) in [7, 11) is 0. The number of nitrogens with one attached hydrogen (secondary N) is 1. The molecule has 0 spiro atoms. The zero-order chi connectivity index (χ0) is 21.0. The number of nitrogens with zero attached hydrogens (tertiary/aromatic N) is 2. The molecule has 2 atom stereocenters. The average molecular weight is 440 g/mol. The summed E-state index contributed by atoms with van der Waals surface area (Å²) < 4.78 is 0. The van der Waals surface area contributed by atoms with Crippen LogP contribution < -0.4 is 5.32 Å². The molecule has 2 heterocycles. The van der Waals surface area contributed by atoms with E-state index >= 15 is 0 Å². The Labute approximate surface area is 183 Å². The second kappa shape index (κ2) is 10.1. The van der Waals surface area contributed by atoms with Crippen molar-refractivity contribution < 1.29 is 9.59 Å². The van der Waals surface area contributed by atoms with Gasteiger partial charge in [-0.15, -0.1) is 0 Å². The predicted octanol–water partition coefficient (Wildman–Crippen LogP) is 4.14. The van der Waals surface area contributed by atoms with E-state index in [0.29, 0.717) is 29.1 Å². The van der Waals surface area contributed by atoms with Crippen LogP contribution in [0.5, 0.6) is 0 Å². The van der Waals surface area contributed by atoms with Gasteiger partial charge in [0.2, 0.25) is 11.8 Å². The van der Waals surface area contributed by atoms with Gasteiger partial charge in [-0.3, -0.25) is 9.59 Å². The summed E-state index contributed by atoms with van der Waals surface area (Å²) in [5.74, 6) is 1.01. The van der Waals surface area contributed by atoms with Crippen molar-refractivity contribution in [1.82, 2.24) is 15.1 Å². The van der Waals surface area contributed by atoms with Crippen LogP contribution in [0.15, 0.2) is 18.2 Å². The van der Waals surface area contributed by atoms with Crippen LogP contribution in [-0.4, -0.2) is 54.3 Å². The molecule has 0 aliphatic carbocycles. The van der Waals surface area contributed by atoms with E-state index in [1.54, 1.807) is 12.1 Å². The number of hydrogen-bond donors (Lipinski definition) is 1. The molecular formula is C22H31Cl2N3O2. The minimum atomic E-state index is -0.0519. The number of likely N-dealkylation sites (tertiary alicyclic amines) is 2. The second-order valence-electron chi connectivity index (χ2n) is 8.46. The van der Waals surface area contributed by atoms with Crippen molar-refractivity contribution in [2.24, 2.45) is 11.8 Å². The Morgan fingerprint density at radius 2 is 1.86 bits per heavy atom. The van der Waals surface area contributed by atoms with Crippen LogP contribution >= 0.6 is 23.2 Å². The van der Waals surface area contributed by atoms with E-state index in [9.17, 15) is 9.59 Å². The predicted molar refractivity (Wildman–Crippen MR) is 117 cm³/mol. The van der Waals surface area contributed by atoms with Gasteiger partial charge >= 0.3 is 0 Å².